The number of para-hydroxylation sites is 1. The van der Waals surface area contributed by atoms with Gasteiger partial charge in [-0.3, -0.25) is 14.6 Å². The molecule has 1 aromatic heterocycles. The number of aliphatic hydroxyl groups is 1. The van der Waals surface area contributed by atoms with Gasteiger partial charge in [-0.05, 0) is 19.1 Å². The quantitative estimate of drug-likeness (QED) is 0.580. The summed E-state index contributed by atoms with van der Waals surface area (Å²) < 4.78 is 31.5. The molecule has 0 aliphatic carbocycles. The number of anilines is 1. The van der Waals surface area contributed by atoms with Crippen LogP contribution in [0.15, 0.2) is 36.8 Å². The fraction of sp³-hybridized carbons (Fsp3) is 0.455. The molecule has 11 nitrogen and oxygen atoms in total. The monoisotopic (exact) mass is 491 g/mol. The van der Waals surface area contributed by atoms with Crippen molar-refractivity contribution < 1.29 is 27.9 Å². The normalized spacial score (nSPS) is 19.6. The molecule has 184 valence electrons. The molecule has 0 saturated heterocycles. The van der Waals surface area contributed by atoms with Crippen molar-refractivity contribution in [3.8, 4) is 5.75 Å². The summed E-state index contributed by atoms with van der Waals surface area (Å²) in [7, 11) is -2.04. The van der Waals surface area contributed by atoms with Gasteiger partial charge < -0.3 is 20.1 Å². The summed E-state index contributed by atoms with van der Waals surface area (Å²) >= 11 is 0. The van der Waals surface area contributed by atoms with E-state index in [1.165, 1.54) is 34.8 Å². The van der Waals surface area contributed by atoms with Crippen LogP contribution < -0.4 is 10.1 Å². The van der Waals surface area contributed by atoms with E-state index in [1.807, 2.05) is 6.92 Å². The lowest BCUT2D eigenvalue weighted by Gasteiger charge is -2.38. The zero-order chi connectivity index (χ0) is 25.0. The van der Waals surface area contributed by atoms with Gasteiger partial charge in [0, 0.05) is 31.9 Å². The first-order chi connectivity index (χ1) is 16.0. The van der Waals surface area contributed by atoms with Gasteiger partial charge in [0.15, 0.2) is 5.75 Å². The molecule has 2 aromatic rings. The van der Waals surface area contributed by atoms with E-state index >= 15 is 0 Å². The predicted octanol–water partition coefficient (Wildman–Crippen LogP) is 0.840. The van der Waals surface area contributed by atoms with Crippen LogP contribution >= 0.6 is 0 Å². The number of nitrogens with one attached hydrogen (secondary N) is 1. The van der Waals surface area contributed by atoms with Gasteiger partial charge in [-0.25, -0.2) is 17.7 Å². The van der Waals surface area contributed by atoms with Crippen molar-refractivity contribution in [1.29, 1.82) is 0 Å². The highest BCUT2D eigenvalue weighted by Crippen LogP contribution is 2.35. The van der Waals surface area contributed by atoms with Crippen molar-refractivity contribution in [3.63, 3.8) is 0 Å². The van der Waals surface area contributed by atoms with Crippen molar-refractivity contribution in [3.05, 3.63) is 48.0 Å². The van der Waals surface area contributed by atoms with Crippen LogP contribution in [0.4, 0.5) is 5.69 Å². The van der Waals surface area contributed by atoms with Crippen LogP contribution in [-0.4, -0.2) is 89.7 Å². The molecule has 3 atom stereocenters. The van der Waals surface area contributed by atoms with Crippen molar-refractivity contribution in [2.45, 2.75) is 26.0 Å². The SMILES string of the molecule is C[C@@H]1CN([C@H](C)CO)C(=O)c2cccc(NC(=O)c3cnccn3)c2O[C@H]1CN(C)S(C)(=O)=O. The third kappa shape index (κ3) is 5.69. The summed E-state index contributed by atoms with van der Waals surface area (Å²) in [5, 5.41) is 12.4. The molecule has 2 amide bonds. The van der Waals surface area contributed by atoms with Gasteiger partial charge in [-0.1, -0.05) is 13.0 Å². The molecular weight excluding hydrogens is 462 g/mol. The number of ether oxygens (including phenoxy) is 1. The number of sulfonamides is 1. The van der Waals surface area contributed by atoms with Crippen LogP contribution in [0.2, 0.25) is 0 Å². The van der Waals surface area contributed by atoms with E-state index in [4.69, 9.17) is 4.74 Å². The molecule has 0 radical (unpaired) electrons. The van der Waals surface area contributed by atoms with Crippen LogP contribution in [-0.2, 0) is 10.0 Å². The number of benzene rings is 1. The van der Waals surface area contributed by atoms with E-state index in [0.29, 0.717) is 0 Å². The molecule has 0 saturated carbocycles. The van der Waals surface area contributed by atoms with Crippen LogP contribution in [0.1, 0.15) is 34.7 Å². The minimum absolute atomic E-state index is 0.0292. The van der Waals surface area contributed by atoms with E-state index in [-0.39, 0.29) is 54.2 Å². The summed E-state index contributed by atoms with van der Waals surface area (Å²) in [5.41, 5.74) is 0.505. The lowest BCUT2D eigenvalue weighted by molar-refractivity contribution is 0.0389. The molecule has 1 aliphatic rings. The highest BCUT2D eigenvalue weighted by molar-refractivity contribution is 7.88. The van der Waals surface area contributed by atoms with Crippen molar-refractivity contribution >= 4 is 27.5 Å². The van der Waals surface area contributed by atoms with Gasteiger partial charge in [0.05, 0.1) is 42.9 Å². The largest absolute Gasteiger partial charge is 0.486 e. The Morgan fingerprint density at radius 3 is 2.74 bits per heavy atom. The number of aliphatic hydroxyl groups excluding tert-OH is 1. The highest BCUT2D eigenvalue weighted by Gasteiger charge is 2.35. The number of carbonyl (C=O) groups excluding carboxylic acids is 2. The summed E-state index contributed by atoms with van der Waals surface area (Å²) in [4.78, 5) is 35.6. The van der Waals surface area contributed by atoms with E-state index < -0.39 is 28.1 Å². The number of fused-ring (bicyclic) bond motifs is 1. The first-order valence-electron chi connectivity index (χ1n) is 10.7. The van der Waals surface area contributed by atoms with Gasteiger partial charge in [-0.2, -0.15) is 0 Å². The van der Waals surface area contributed by atoms with Crippen molar-refractivity contribution in [1.82, 2.24) is 19.2 Å². The predicted molar refractivity (Wildman–Crippen MR) is 125 cm³/mol. The van der Waals surface area contributed by atoms with E-state index in [9.17, 15) is 23.1 Å². The number of amides is 2. The zero-order valence-electron chi connectivity index (χ0n) is 19.5. The van der Waals surface area contributed by atoms with Crippen molar-refractivity contribution in [2.75, 3.05) is 38.3 Å². The fourth-order valence-electron chi connectivity index (χ4n) is 3.55. The Balaban J connectivity index is 2.06. The fourth-order valence-corrected chi connectivity index (χ4v) is 3.97. The van der Waals surface area contributed by atoms with Gasteiger partial charge in [-0.15, -0.1) is 0 Å². The van der Waals surface area contributed by atoms with Crippen LogP contribution in [0.5, 0.6) is 5.75 Å². The smallest absolute Gasteiger partial charge is 0.275 e. The second kappa shape index (κ2) is 10.5. The minimum Gasteiger partial charge on any atom is -0.486 e. The first kappa shape index (κ1) is 25.5. The molecule has 3 rings (SSSR count). The van der Waals surface area contributed by atoms with Gasteiger partial charge in [0.1, 0.15) is 11.8 Å². The maximum absolute atomic E-state index is 13.4. The first-order valence-corrected chi connectivity index (χ1v) is 12.6. The Labute approximate surface area is 198 Å². The molecular formula is C22H29N5O6S. The number of aromatic nitrogens is 2. The highest BCUT2D eigenvalue weighted by atomic mass is 32.2. The molecule has 1 aliphatic heterocycles. The number of hydrogen-bond donors (Lipinski definition) is 2. The van der Waals surface area contributed by atoms with E-state index in [2.05, 4.69) is 15.3 Å². The van der Waals surface area contributed by atoms with Crippen LogP contribution in [0.3, 0.4) is 0 Å². The molecule has 2 heterocycles. The maximum atomic E-state index is 13.4. The Morgan fingerprint density at radius 2 is 2.12 bits per heavy atom. The average molecular weight is 492 g/mol. The number of rotatable bonds is 7. The van der Waals surface area contributed by atoms with E-state index in [0.717, 1.165) is 6.26 Å². The Bertz CT molecular complexity index is 1140. The topological polar surface area (TPSA) is 142 Å². The minimum atomic E-state index is -3.49. The number of hydrogen-bond acceptors (Lipinski definition) is 8. The molecule has 2 N–H and O–H groups in total. The number of nitrogens with zero attached hydrogens (tertiary/aromatic N) is 4. The molecule has 0 spiro atoms. The number of likely N-dealkylation sites (N-methyl/N-ethyl adjacent to an activating group) is 1. The number of carbonyl (C=O) groups is 2. The second-order valence-electron chi connectivity index (χ2n) is 8.39. The maximum Gasteiger partial charge on any atom is 0.275 e. The lowest BCUT2D eigenvalue weighted by atomic mass is 9.99. The Morgan fingerprint density at radius 1 is 1.38 bits per heavy atom. The van der Waals surface area contributed by atoms with Gasteiger partial charge in [0.25, 0.3) is 11.8 Å². The summed E-state index contributed by atoms with van der Waals surface area (Å²) in [6.45, 7) is 3.60. The molecule has 0 unspecified atom stereocenters. The summed E-state index contributed by atoms with van der Waals surface area (Å²) in [6, 6.07) is 4.28. The zero-order valence-corrected chi connectivity index (χ0v) is 20.3. The third-order valence-corrected chi connectivity index (χ3v) is 7.02. The molecule has 12 heteroatoms. The second-order valence-corrected chi connectivity index (χ2v) is 10.5. The van der Waals surface area contributed by atoms with Crippen LogP contribution in [0.25, 0.3) is 0 Å². The molecule has 0 fully saturated rings. The lowest BCUT2D eigenvalue weighted by Crippen LogP contribution is -2.50. The average Bonchev–Trinajstić information content (AvgIpc) is 2.81. The molecule has 34 heavy (non-hydrogen) atoms. The summed E-state index contributed by atoms with van der Waals surface area (Å²) in [5.74, 6) is -1.08. The van der Waals surface area contributed by atoms with Crippen molar-refractivity contribution in [2.24, 2.45) is 5.92 Å². The van der Waals surface area contributed by atoms with Gasteiger partial charge in [0.2, 0.25) is 10.0 Å². The van der Waals surface area contributed by atoms with Gasteiger partial charge >= 0.3 is 0 Å². The standard InChI is InChI=1S/C22H29N5O6S/c1-14-11-27(15(2)13-28)22(30)16-6-5-7-17(25-21(29)18-10-23-8-9-24-18)20(16)33-19(14)12-26(3)34(4,31)32/h5-10,14-15,19,28H,11-13H2,1-4H3,(H,25,29)/t14-,15-,19+/m1/s1. The Hall–Kier alpha value is -3.09. The van der Waals surface area contributed by atoms with Crippen LogP contribution in [0, 0.1) is 5.92 Å². The van der Waals surface area contributed by atoms with E-state index in [1.54, 1.807) is 25.1 Å². The summed E-state index contributed by atoms with van der Waals surface area (Å²) in [6.07, 6.45) is 4.60. The third-order valence-electron chi connectivity index (χ3n) is 5.74. The Kier molecular flexibility index (Phi) is 7.85. The molecule has 1 aromatic carbocycles. The molecule has 0 bridgehead atoms.